The van der Waals surface area contributed by atoms with Crippen molar-refractivity contribution in [3.05, 3.63) is 29.6 Å². The summed E-state index contributed by atoms with van der Waals surface area (Å²) in [6, 6.07) is 4.23. The van der Waals surface area contributed by atoms with Gasteiger partial charge >= 0.3 is 0 Å². The lowest BCUT2D eigenvalue weighted by atomic mass is 10.2. The molecule has 0 saturated carbocycles. The van der Waals surface area contributed by atoms with Gasteiger partial charge in [0.05, 0.1) is 6.61 Å². The van der Waals surface area contributed by atoms with Crippen molar-refractivity contribution in [3.63, 3.8) is 0 Å². The fourth-order valence-electron chi connectivity index (χ4n) is 1.27. The molecule has 0 spiro atoms. The molecule has 0 heterocycles. The van der Waals surface area contributed by atoms with E-state index in [4.69, 9.17) is 20.6 Å². The Kier molecular flexibility index (Phi) is 5.42. The molecule has 94 valence electrons. The van der Waals surface area contributed by atoms with Crippen LogP contribution in [0.5, 0.6) is 5.75 Å². The van der Waals surface area contributed by atoms with Crippen molar-refractivity contribution in [2.45, 2.75) is 13.3 Å². The Hall–Kier alpha value is -1.62. The van der Waals surface area contributed by atoms with E-state index in [1.54, 1.807) is 6.07 Å². The zero-order valence-corrected chi connectivity index (χ0v) is 9.83. The van der Waals surface area contributed by atoms with Crippen LogP contribution in [0.2, 0.25) is 0 Å². The van der Waals surface area contributed by atoms with Gasteiger partial charge in [-0.15, -0.1) is 0 Å². The topological polar surface area (TPSA) is 68.3 Å². The van der Waals surface area contributed by atoms with Crippen LogP contribution in [0.25, 0.3) is 0 Å². The molecule has 0 radical (unpaired) electrons. The molecule has 1 aromatic rings. The minimum absolute atomic E-state index is 0.160. The highest BCUT2D eigenvalue weighted by molar-refractivity contribution is 5.95. The summed E-state index contributed by atoms with van der Waals surface area (Å²) in [5, 5.41) is 7.17. The largest absolute Gasteiger partial charge is 0.490 e. The Bertz CT molecular complexity index is 383. The van der Waals surface area contributed by atoms with Crippen molar-refractivity contribution < 1.29 is 13.9 Å². The predicted molar refractivity (Wildman–Crippen MR) is 64.0 cm³/mol. The molecule has 0 fully saturated rings. The van der Waals surface area contributed by atoms with Gasteiger partial charge in [0.15, 0.2) is 11.6 Å². The number of amidine groups is 1. The predicted octanol–water partition coefficient (Wildman–Crippen LogP) is 1.92. The lowest BCUT2D eigenvalue weighted by Gasteiger charge is -2.08. The summed E-state index contributed by atoms with van der Waals surface area (Å²) in [4.78, 5) is 0. The van der Waals surface area contributed by atoms with E-state index in [0.717, 1.165) is 0 Å². The Labute approximate surface area is 100 Å². The Morgan fingerprint density at radius 3 is 2.76 bits per heavy atom. The molecule has 1 rings (SSSR count). The first-order chi connectivity index (χ1) is 8.15. The zero-order valence-electron chi connectivity index (χ0n) is 9.83. The van der Waals surface area contributed by atoms with Gasteiger partial charge in [-0.3, -0.25) is 5.41 Å². The molecule has 0 aliphatic heterocycles. The molecule has 3 N–H and O–H groups in total. The van der Waals surface area contributed by atoms with Crippen LogP contribution < -0.4 is 10.5 Å². The van der Waals surface area contributed by atoms with Crippen molar-refractivity contribution in [1.82, 2.24) is 0 Å². The molecule has 17 heavy (non-hydrogen) atoms. The van der Waals surface area contributed by atoms with Gasteiger partial charge < -0.3 is 15.2 Å². The number of nitrogens with one attached hydrogen (secondary N) is 1. The molecule has 0 aromatic heterocycles. The summed E-state index contributed by atoms with van der Waals surface area (Å²) in [6.07, 6.45) is 0.710. The van der Waals surface area contributed by atoms with E-state index >= 15 is 0 Å². The smallest absolute Gasteiger partial charge is 0.165 e. The SMILES string of the molecule is CCOCCCOc1ccc(C(=N)N)cc1F. The first kappa shape index (κ1) is 13.4. The summed E-state index contributed by atoms with van der Waals surface area (Å²) < 4.78 is 23.9. The fourth-order valence-corrected chi connectivity index (χ4v) is 1.27. The number of rotatable bonds is 7. The van der Waals surface area contributed by atoms with Crippen molar-refractivity contribution in [2.24, 2.45) is 5.73 Å². The monoisotopic (exact) mass is 240 g/mol. The van der Waals surface area contributed by atoms with Crippen LogP contribution in [0.4, 0.5) is 4.39 Å². The highest BCUT2D eigenvalue weighted by atomic mass is 19.1. The maximum Gasteiger partial charge on any atom is 0.165 e. The highest BCUT2D eigenvalue weighted by Gasteiger charge is 2.06. The van der Waals surface area contributed by atoms with Gasteiger partial charge in [0.2, 0.25) is 0 Å². The quantitative estimate of drug-likeness (QED) is 0.434. The van der Waals surface area contributed by atoms with Gasteiger partial charge in [0.1, 0.15) is 5.84 Å². The van der Waals surface area contributed by atoms with Crippen molar-refractivity contribution in [3.8, 4) is 5.75 Å². The number of ether oxygens (including phenoxy) is 2. The number of nitrogen functional groups attached to an aromatic ring is 1. The molecule has 0 unspecified atom stereocenters. The second kappa shape index (κ2) is 6.85. The molecule has 1 aromatic carbocycles. The molecule has 0 aliphatic rings. The van der Waals surface area contributed by atoms with Crippen LogP contribution in [0.15, 0.2) is 18.2 Å². The Morgan fingerprint density at radius 1 is 1.41 bits per heavy atom. The van der Waals surface area contributed by atoms with Crippen LogP contribution in [-0.2, 0) is 4.74 Å². The number of hydrogen-bond donors (Lipinski definition) is 2. The van der Waals surface area contributed by atoms with Gasteiger partial charge in [-0.2, -0.15) is 0 Å². The average Bonchev–Trinajstić information content (AvgIpc) is 2.30. The number of benzene rings is 1. The van der Waals surface area contributed by atoms with E-state index < -0.39 is 5.82 Å². The van der Waals surface area contributed by atoms with E-state index in [1.807, 2.05) is 6.92 Å². The lowest BCUT2D eigenvalue weighted by Crippen LogP contribution is -2.11. The summed E-state index contributed by atoms with van der Waals surface area (Å²) >= 11 is 0. The Morgan fingerprint density at radius 2 is 2.18 bits per heavy atom. The average molecular weight is 240 g/mol. The maximum atomic E-state index is 13.5. The third-order valence-electron chi connectivity index (χ3n) is 2.14. The molecule has 0 atom stereocenters. The van der Waals surface area contributed by atoms with E-state index in [1.165, 1.54) is 12.1 Å². The minimum atomic E-state index is -0.505. The van der Waals surface area contributed by atoms with Crippen molar-refractivity contribution in [2.75, 3.05) is 19.8 Å². The third-order valence-corrected chi connectivity index (χ3v) is 2.14. The second-order valence-corrected chi connectivity index (χ2v) is 3.46. The first-order valence-electron chi connectivity index (χ1n) is 5.49. The van der Waals surface area contributed by atoms with Crippen LogP contribution in [0, 0.1) is 11.2 Å². The molecular weight excluding hydrogens is 223 g/mol. The summed E-state index contributed by atoms with van der Waals surface area (Å²) in [7, 11) is 0. The third kappa shape index (κ3) is 4.40. The van der Waals surface area contributed by atoms with Gasteiger partial charge in [-0.05, 0) is 25.1 Å². The molecule has 4 nitrogen and oxygen atoms in total. The molecular formula is C12H17FN2O2. The van der Waals surface area contributed by atoms with Crippen LogP contribution in [0.1, 0.15) is 18.9 Å². The van der Waals surface area contributed by atoms with Gasteiger partial charge in [-0.1, -0.05) is 0 Å². The van der Waals surface area contributed by atoms with E-state index in [2.05, 4.69) is 0 Å². The molecule has 0 aliphatic carbocycles. The minimum Gasteiger partial charge on any atom is -0.490 e. The van der Waals surface area contributed by atoms with Crippen molar-refractivity contribution >= 4 is 5.84 Å². The number of nitrogens with two attached hydrogens (primary N) is 1. The molecule has 0 saturated heterocycles. The van der Waals surface area contributed by atoms with E-state index in [0.29, 0.717) is 31.8 Å². The second-order valence-electron chi connectivity index (χ2n) is 3.46. The first-order valence-corrected chi connectivity index (χ1v) is 5.49. The number of halogens is 1. The number of hydrogen-bond acceptors (Lipinski definition) is 3. The maximum absolute atomic E-state index is 13.5. The van der Waals surface area contributed by atoms with Crippen LogP contribution in [-0.4, -0.2) is 25.7 Å². The van der Waals surface area contributed by atoms with Gasteiger partial charge in [-0.25, -0.2) is 4.39 Å². The normalized spacial score (nSPS) is 10.2. The molecule has 0 bridgehead atoms. The summed E-state index contributed by atoms with van der Waals surface area (Å²) in [5.41, 5.74) is 5.60. The lowest BCUT2D eigenvalue weighted by molar-refractivity contribution is 0.130. The highest BCUT2D eigenvalue weighted by Crippen LogP contribution is 2.18. The van der Waals surface area contributed by atoms with Gasteiger partial charge in [0, 0.05) is 25.2 Å². The molecule has 5 heteroatoms. The standard InChI is InChI=1S/C12H17FN2O2/c1-2-16-6-3-7-17-11-5-4-9(12(14)15)8-10(11)13/h4-5,8H,2-3,6-7H2,1H3,(H3,14,15). The zero-order chi connectivity index (χ0) is 12.7. The Balaban J connectivity index is 2.46. The van der Waals surface area contributed by atoms with Gasteiger partial charge in [0.25, 0.3) is 0 Å². The fraction of sp³-hybridized carbons (Fsp3) is 0.417. The van der Waals surface area contributed by atoms with E-state index in [9.17, 15) is 4.39 Å². The van der Waals surface area contributed by atoms with Crippen molar-refractivity contribution in [1.29, 1.82) is 5.41 Å². The van der Waals surface area contributed by atoms with Crippen LogP contribution >= 0.6 is 0 Å². The summed E-state index contributed by atoms with van der Waals surface area (Å²) in [6.45, 7) is 3.59. The summed E-state index contributed by atoms with van der Waals surface area (Å²) in [5.74, 6) is -0.493. The van der Waals surface area contributed by atoms with Crippen LogP contribution in [0.3, 0.4) is 0 Å². The van der Waals surface area contributed by atoms with E-state index in [-0.39, 0.29) is 11.6 Å². The molecule has 0 amide bonds.